The van der Waals surface area contributed by atoms with Crippen LogP contribution in [0.3, 0.4) is 0 Å². The van der Waals surface area contributed by atoms with Gasteiger partial charge in [0.15, 0.2) is 0 Å². The Morgan fingerprint density at radius 3 is 2.77 bits per heavy atom. The molecule has 3 heteroatoms. The maximum Gasteiger partial charge on any atom is 0.0471 e. The van der Waals surface area contributed by atoms with Crippen LogP contribution >= 0.6 is 0 Å². The van der Waals surface area contributed by atoms with Crippen LogP contribution in [0.25, 0.3) is 0 Å². The minimum atomic E-state index is 0.488. The second kappa shape index (κ2) is 3.56. The van der Waals surface area contributed by atoms with E-state index in [4.69, 9.17) is 10.5 Å². The van der Waals surface area contributed by atoms with Gasteiger partial charge in [-0.15, -0.1) is 0 Å². The van der Waals surface area contributed by atoms with Crippen molar-refractivity contribution in [3.8, 4) is 0 Å². The van der Waals surface area contributed by atoms with Crippen LogP contribution in [-0.4, -0.2) is 44.8 Å². The first-order chi connectivity index (χ1) is 6.27. The standard InChI is InChI=1S/C10H20N2O/c1-12-7-9(6-11)10(8-12)2-4-13-5-3-10/h9H,2-8,11H2,1H3. The molecule has 13 heavy (non-hydrogen) atoms. The molecule has 0 radical (unpaired) electrons. The topological polar surface area (TPSA) is 38.5 Å². The molecular weight excluding hydrogens is 164 g/mol. The van der Waals surface area contributed by atoms with Crippen LogP contribution in [0.4, 0.5) is 0 Å². The van der Waals surface area contributed by atoms with Crippen LogP contribution in [-0.2, 0) is 4.74 Å². The minimum Gasteiger partial charge on any atom is -0.381 e. The lowest BCUT2D eigenvalue weighted by Gasteiger charge is -2.37. The molecule has 2 rings (SSSR count). The van der Waals surface area contributed by atoms with Gasteiger partial charge in [-0.2, -0.15) is 0 Å². The van der Waals surface area contributed by atoms with Crippen molar-refractivity contribution in [1.82, 2.24) is 4.90 Å². The van der Waals surface area contributed by atoms with Crippen molar-refractivity contribution >= 4 is 0 Å². The Labute approximate surface area is 80.2 Å². The SMILES string of the molecule is CN1CC(CN)C2(CCOCC2)C1. The summed E-state index contributed by atoms with van der Waals surface area (Å²) in [5, 5.41) is 0. The predicted octanol–water partition coefficient (Wildman–Crippen LogP) is 0.303. The Balaban J connectivity index is 2.09. The Morgan fingerprint density at radius 1 is 1.46 bits per heavy atom. The summed E-state index contributed by atoms with van der Waals surface area (Å²) in [4.78, 5) is 2.42. The van der Waals surface area contributed by atoms with E-state index >= 15 is 0 Å². The first-order valence-electron chi connectivity index (χ1n) is 5.23. The molecule has 1 atom stereocenters. The number of rotatable bonds is 1. The van der Waals surface area contributed by atoms with Crippen LogP contribution in [0.15, 0.2) is 0 Å². The summed E-state index contributed by atoms with van der Waals surface area (Å²) in [5.41, 5.74) is 6.32. The van der Waals surface area contributed by atoms with Gasteiger partial charge < -0.3 is 15.4 Å². The monoisotopic (exact) mass is 184 g/mol. The van der Waals surface area contributed by atoms with Crippen molar-refractivity contribution in [1.29, 1.82) is 0 Å². The van der Waals surface area contributed by atoms with Crippen molar-refractivity contribution in [3.63, 3.8) is 0 Å². The highest BCUT2D eigenvalue weighted by Gasteiger charge is 2.45. The van der Waals surface area contributed by atoms with Crippen molar-refractivity contribution in [2.45, 2.75) is 12.8 Å². The first kappa shape index (κ1) is 9.44. The molecule has 2 aliphatic rings. The third kappa shape index (κ3) is 1.60. The molecule has 2 fully saturated rings. The molecule has 1 unspecified atom stereocenters. The fraction of sp³-hybridized carbons (Fsp3) is 1.00. The summed E-state index contributed by atoms with van der Waals surface area (Å²) >= 11 is 0. The zero-order valence-corrected chi connectivity index (χ0v) is 8.46. The predicted molar refractivity (Wildman–Crippen MR) is 52.5 cm³/mol. The average Bonchev–Trinajstić information content (AvgIpc) is 2.43. The van der Waals surface area contributed by atoms with Crippen molar-refractivity contribution in [3.05, 3.63) is 0 Å². The number of hydrogen-bond donors (Lipinski definition) is 1. The van der Waals surface area contributed by atoms with Crippen LogP contribution < -0.4 is 5.73 Å². The number of hydrogen-bond acceptors (Lipinski definition) is 3. The van der Waals surface area contributed by atoms with Crippen molar-refractivity contribution in [2.75, 3.05) is 39.9 Å². The van der Waals surface area contributed by atoms with E-state index in [1.54, 1.807) is 0 Å². The quantitative estimate of drug-likeness (QED) is 0.637. The molecule has 1 spiro atoms. The van der Waals surface area contributed by atoms with Crippen molar-refractivity contribution in [2.24, 2.45) is 17.1 Å². The lowest BCUT2D eigenvalue weighted by molar-refractivity contribution is 0.00189. The second-order valence-corrected chi connectivity index (χ2v) is 4.60. The number of nitrogens with zero attached hydrogens (tertiary/aromatic N) is 1. The molecule has 2 heterocycles. The Hall–Kier alpha value is -0.120. The zero-order valence-electron chi connectivity index (χ0n) is 8.46. The van der Waals surface area contributed by atoms with Gasteiger partial charge in [-0.3, -0.25) is 0 Å². The highest BCUT2D eigenvalue weighted by atomic mass is 16.5. The van der Waals surface area contributed by atoms with E-state index in [2.05, 4.69) is 11.9 Å². The smallest absolute Gasteiger partial charge is 0.0471 e. The van der Waals surface area contributed by atoms with E-state index in [-0.39, 0.29) is 0 Å². The maximum absolute atomic E-state index is 5.83. The molecule has 0 aromatic rings. The van der Waals surface area contributed by atoms with Gasteiger partial charge in [0.2, 0.25) is 0 Å². The molecule has 76 valence electrons. The van der Waals surface area contributed by atoms with Crippen LogP contribution in [0.2, 0.25) is 0 Å². The molecule has 0 amide bonds. The van der Waals surface area contributed by atoms with Gasteiger partial charge in [-0.05, 0) is 37.8 Å². The van der Waals surface area contributed by atoms with Crippen LogP contribution in [0.1, 0.15) is 12.8 Å². The molecule has 0 aromatic heterocycles. The lowest BCUT2D eigenvalue weighted by Crippen LogP contribution is -2.39. The first-order valence-corrected chi connectivity index (χ1v) is 5.23. The maximum atomic E-state index is 5.83. The Kier molecular flexibility index (Phi) is 2.58. The average molecular weight is 184 g/mol. The Bertz CT molecular complexity index is 178. The molecule has 3 nitrogen and oxygen atoms in total. The van der Waals surface area contributed by atoms with Gasteiger partial charge in [0.1, 0.15) is 0 Å². The highest BCUT2D eigenvalue weighted by molar-refractivity contribution is 4.97. The largest absolute Gasteiger partial charge is 0.381 e. The zero-order chi connectivity index (χ0) is 9.31. The second-order valence-electron chi connectivity index (χ2n) is 4.60. The molecular formula is C10H20N2O. The molecule has 0 saturated carbocycles. The van der Waals surface area contributed by atoms with Crippen LogP contribution in [0, 0.1) is 11.3 Å². The molecule has 2 aliphatic heterocycles. The van der Waals surface area contributed by atoms with E-state index in [0.29, 0.717) is 11.3 Å². The third-order valence-corrected chi connectivity index (χ3v) is 3.76. The van der Waals surface area contributed by atoms with E-state index in [1.165, 1.54) is 25.9 Å². The molecule has 2 N–H and O–H groups in total. The van der Waals surface area contributed by atoms with Gasteiger partial charge in [0.25, 0.3) is 0 Å². The fourth-order valence-electron chi connectivity index (χ4n) is 2.97. The fourth-order valence-corrected chi connectivity index (χ4v) is 2.97. The Morgan fingerprint density at radius 2 is 2.15 bits per heavy atom. The normalized spacial score (nSPS) is 34.2. The summed E-state index contributed by atoms with van der Waals surface area (Å²) in [5.74, 6) is 0.696. The highest BCUT2D eigenvalue weighted by Crippen LogP contribution is 2.42. The summed E-state index contributed by atoms with van der Waals surface area (Å²) < 4.78 is 5.42. The van der Waals surface area contributed by atoms with Crippen LogP contribution in [0.5, 0.6) is 0 Å². The van der Waals surface area contributed by atoms with Gasteiger partial charge in [-0.25, -0.2) is 0 Å². The minimum absolute atomic E-state index is 0.488. The summed E-state index contributed by atoms with van der Waals surface area (Å²) in [6.45, 7) is 5.10. The number of nitrogens with two attached hydrogens (primary N) is 1. The molecule has 0 aromatic carbocycles. The van der Waals surface area contributed by atoms with Gasteiger partial charge in [0.05, 0.1) is 0 Å². The van der Waals surface area contributed by atoms with Gasteiger partial charge in [0, 0.05) is 26.3 Å². The van der Waals surface area contributed by atoms with E-state index < -0.39 is 0 Å². The number of likely N-dealkylation sites (tertiary alicyclic amines) is 1. The van der Waals surface area contributed by atoms with Crippen molar-refractivity contribution < 1.29 is 4.74 Å². The van der Waals surface area contributed by atoms with Gasteiger partial charge >= 0.3 is 0 Å². The lowest BCUT2D eigenvalue weighted by atomic mass is 9.72. The van der Waals surface area contributed by atoms with Gasteiger partial charge in [-0.1, -0.05) is 0 Å². The molecule has 0 bridgehead atoms. The van der Waals surface area contributed by atoms with E-state index in [9.17, 15) is 0 Å². The summed E-state index contributed by atoms with van der Waals surface area (Å²) in [7, 11) is 2.20. The summed E-state index contributed by atoms with van der Waals surface area (Å²) in [6.07, 6.45) is 2.42. The summed E-state index contributed by atoms with van der Waals surface area (Å²) in [6, 6.07) is 0. The number of ether oxygens (including phenoxy) is 1. The molecule has 0 aliphatic carbocycles. The van der Waals surface area contributed by atoms with E-state index in [1.807, 2.05) is 0 Å². The molecule has 2 saturated heterocycles. The third-order valence-electron chi connectivity index (χ3n) is 3.76. The van der Waals surface area contributed by atoms with E-state index in [0.717, 1.165) is 19.8 Å².